The SMILES string of the molecule is O=C(CSc1ccc2nnc(-c3cccs3)n2n1)Nc1ccc(C(F)(F)F)cc1. The lowest BCUT2D eigenvalue weighted by molar-refractivity contribution is -0.137. The van der Waals surface area contributed by atoms with Gasteiger partial charge in [0.05, 0.1) is 16.2 Å². The van der Waals surface area contributed by atoms with Crippen LogP contribution in [-0.2, 0) is 11.0 Å². The number of nitrogens with one attached hydrogen (secondary N) is 1. The number of alkyl halides is 3. The molecule has 0 unspecified atom stereocenters. The minimum atomic E-state index is -4.41. The zero-order valence-electron chi connectivity index (χ0n) is 14.6. The van der Waals surface area contributed by atoms with Gasteiger partial charge in [-0.1, -0.05) is 17.8 Å². The maximum atomic E-state index is 12.6. The van der Waals surface area contributed by atoms with Crippen LogP contribution in [-0.4, -0.2) is 31.5 Å². The van der Waals surface area contributed by atoms with Crippen LogP contribution in [0, 0.1) is 0 Å². The Balaban J connectivity index is 1.41. The summed E-state index contributed by atoms with van der Waals surface area (Å²) in [5.41, 5.74) is 0.121. The molecule has 0 fully saturated rings. The molecule has 0 saturated carbocycles. The molecular weight excluding hydrogens is 423 g/mol. The number of carbonyl (C=O) groups excluding carboxylic acids is 1. The van der Waals surface area contributed by atoms with E-state index in [1.54, 1.807) is 16.6 Å². The Morgan fingerprint density at radius 2 is 1.90 bits per heavy atom. The van der Waals surface area contributed by atoms with E-state index < -0.39 is 11.7 Å². The van der Waals surface area contributed by atoms with Crippen LogP contribution in [0.2, 0.25) is 0 Å². The van der Waals surface area contributed by atoms with E-state index in [2.05, 4.69) is 20.6 Å². The second kappa shape index (κ2) is 7.84. The zero-order chi connectivity index (χ0) is 20.4. The number of hydrogen-bond donors (Lipinski definition) is 1. The summed E-state index contributed by atoms with van der Waals surface area (Å²) in [6, 6.07) is 11.6. The lowest BCUT2D eigenvalue weighted by Crippen LogP contribution is -2.14. The minimum Gasteiger partial charge on any atom is -0.325 e. The Hall–Kier alpha value is -2.92. The van der Waals surface area contributed by atoms with Gasteiger partial charge in [0.25, 0.3) is 0 Å². The number of halogens is 3. The molecule has 4 rings (SSSR count). The number of anilines is 1. The third-order valence-corrected chi connectivity index (χ3v) is 5.61. The maximum Gasteiger partial charge on any atom is 0.416 e. The first kappa shape index (κ1) is 19.4. The van der Waals surface area contributed by atoms with Gasteiger partial charge in [0.2, 0.25) is 5.91 Å². The number of amides is 1. The van der Waals surface area contributed by atoms with E-state index in [1.165, 1.54) is 35.2 Å². The Kier molecular flexibility index (Phi) is 5.24. The van der Waals surface area contributed by atoms with Crippen LogP contribution in [0.3, 0.4) is 0 Å². The highest BCUT2D eigenvalue weighted by Crippen LogP contribution is 2.30. The summed E-state index contributed by atoms with van der Waals surface area (Å²) in [4.78, 5) is 13.0. The Bertz CT molecular complexity index is 1140. The van der Waals surface area contributed by atoms with Gasteiger partial charge in [0.15, 0.2) is 11.5 Å². The maximum absolute atomic E-state index is 12.6. The number of rotatable bonds is 5. The average molecular weight is 435 g/mol. The molecule has 0 aliphatic heterocycles. The van der Waals surface area contributed by atoms with Gasteiger partial charge in [0.1, 0.15) is 5.03 Å². The molecule has 148 valence electrons. The Morgan fingerprint density at radius 3 is 2.59 bits per heavy atom. The standard InChI is InChI=1S/C18H12F3N5OS2/c19-18(20,21)11-3-5-12(6-4-11)22-15(27)10-29-16-8-7-14-23-24-17(26(14)25-16)13-2-1-9-28-13/h1-9H,10H2,(H,22,27). The molecular formula is C18H12F3N5OS2. The van der Waals surface area contributed by atoms with E-state index in [0.29, 0.717) is 22.2 Å². The van der Waals surface area contributed by atoms with E-state index in [0.717, 1.165) is 17.0 Å². The van der Waals surface area contributed by atoms with E-state index in [4.69, 9.17) is 0 Å². The molecule has 0 aliphatic carbocycles. The predicted octanol–water partition coefficient (Wildman–Crippen LogP) is 4.60. The predicted molar refractivity (Wildman–Crippen MR) is 105 cm³/mol. The molecule has 1 aromatic carbocycles. The van der Waals surface area contributed by atoms with Crippen LogP contribution in [0.1, 0.15) is 5.56 Å². The van der Waals surface area contributed by atoms with Gasteiger partial charge in [0, 0.05) is 5.69 Å². The quantitative estimate of drug-likeness (QED) is 0.464. The molecule has 0 aliphatic rings. The van der Waals surface area contributed by atoms with Crippen LogP contribution in [0.25, 0.3) is 16.3 Å². The first-order valence-electron chi connectivity index (χ1n) is 8.26. The molecule has 1 N–H and O–H groups in total. The number of carbonyl (C=O) groups is 1. The molecule has 29 heavy (non-hydrogen) atoms. The second-order valence-corrected chi connectivity index (χ2v) is 7.80. The van der Waals surface area contributed by atoms with Crippen molar-refractivity contribution in [3.63, 3.8) is 0 Å². The van der Waals surface area contributed by atoms with Gasteiger partial charge in [-0.2, -0.15) is 22.8 Å². The fourth-order valence-corrected chi connectivity index (χ4v) is 3.84. The van der Waals surface area contributed by atoms with Crippen LogP contribution in [0.15, 0.2) is 58.9 Å². The minimum absolute atomic E-state index is 0.0516. The van der Waals surface area contributed by atoms with Crippen molar-refractivity contribution in [2.45, 2.75) is 11.2 Å². The lowest BCUT2D eigenvalue weighted by atomic mass is 10.2. The van der Waals surface area contributed by atoms with Crippen molar-refractivity contribution in [3.8, 4) is 10.7 Å². The highest BCUT2D eigenvalue weighted by Gasteiger charge is 2.30. The van der Waals surface area contributed by atoms with Crippen LogP contribution in [0.5, 0.6) is 0 Å². The number of nitrogens with zero attached hydrogens (tertiary/aromatic N) is 4. The third-order valence-electron chi connectivity index (χ3n) is 3.83. The van der Waals surface area contributed by atoms with E-state index in [1.807, 2.05) is 17.5 Å². The molecule has 0 bridgehead atoms. The number of aromatic nitrogens is 4. The van der Waals surface area contributed by atoms with Crippen molar-refractivity contribution in [1.82, 2.24) is 19.8 Å². The molecule has 0 spiro atoms. The molecule has 1 amide bonds. The summed E-state index contributed by atoms with van der Waals surface area (Å²) in [6.45, 7) is 0. The number of fused-ring (bicyclic) bond motifs is 1. The summed E-state index contributed by atoms with van der Waals surface area (Å²) < 4.78 is 39.4. The van der Waals surface area contributed by atoms with Gasteiger partial charge in [-0.05, 0) is 47.8 Å². The van der Waals surface area contributed by atoms with Crippen molar-refractivity contribution in [3.05, 3.63) is 59.5 Å². The summed E-state index contributed by atoms with van der Waals surface area (Å²) in [5, 5.41) is 17.8. The molecule has 0 atom stereocenters. The number of thiophene rings is 1. The molecule has 3 heterocycles. The summed E-state index contributed by atoms with van der Waals surface area (Å²) in [6.07, 6.45) is -4.41. The molecule has 4 aromatic rings. The first-order chi connectivity index (χ1) is 13.9. The summed E-state index contributed by atoms with van der Waals surface area (Å²) >= 11 is 2.72. The van der Waals surface area contributed by atoms with Crippen LogP contribution < -0.4 is 5.32 Å². The smallest absolute Gasteiger partial charge is 0.325 e. The Labute approximate surface area is 170 Å². The van der Waals surface area contributed by atoms with Gasteiger partial charge in [-0.15, -0.1) is 21.5 Å². The van der Waals surface area contributed by atoms with E-state index >= 15 is 0 Å². The van der Waals surface area contributed by atoms with Crippen LogP contribution in [0.4, 0.5) is 18.9 Å². The van der Waals surface area contributed by atoms with Gasteiger partial charge in [-0.3, -0.25) is 4.79 Å². The van der Waals surface area contributed by atoms with Gasteiger partial charge in [-0.25, -0.2) is 0 Å². The van der Waals surface area contributed by atoms with E-state index in [-0.39, 0.29) is 11.7 Å². The number of benzene rings is 1. The monoisotopic (exact) mass is 435 g/mol. The molecule has 3 aromatic heterocycles. The van der Waals surface area contributed by atoms with Gasteiger partial charge >= 0.3 is 6.18 Å². The first-order valence-corrected chi connectivity index (χ1v) is 10.1. The van der Waals surface area contributed by atoms with Crippen molar-refractivity contribution in [1.29, 1.82) is 0 Å². The van der Waals surface area contributed by atoms with Crippen LogP contribution >= 0.6 is 23.1 Å². The zero-order valence-corrected chi connectivity index (χ0v) is 16.2. The van der Waals surface area contributed by atoms with Crippen molar-refractivity contribution < 1.29 is 18.0 Å². The third kappa shape index (κ3) is 4.40. The van der Waals surface area contributed by atoms with Gasteiger partial charge < -0.3 is 5.32 Å². The number of hydrogen-bond acceptors (Lipinski definition) is 6. The van der Waals surface area contributed by atoms with Crippen molar-refractivity contribution >= 4 is 40.3 Å². The highest BCUT2D eigenvalue weighted by molar-refractivity contribution is 7.99. The summed E-state index contributed by atoms with van der Waals surface area (Å²) in [5.74, 6) is 0.321. The summed E-state index contributed by atoms with van der Waals surface area (Å²) in [7, 11) is 0. The normalized spacial score (nSPS) is 11.7. The lowest BCUT2D eigenvalue weighted by Gasteiger charge is -2.08. The fraction of sp³-hybridized carbons (Fsp3) is 0.111. The van der Waals surface area contributed by atoms with Crippen molar-refractivity contribution in [2.24, 2.45) is 0 Å². The second-order valence-electron chi connectivity index (χ2n) is 5.85. The fourth-order valence-electron chi connectivity index (χ4n) is 2.49. The average Bonchev–Trinajstić information content (AvgIpc) is 3.35. The topological polar surface area (TPSA) is 72.2 Å². The molecule has 11 heteroatoms. The van der Waals surface area contributed by atoms with Crippen molar-refractivity contribution in [2.75, 3.05) is 11.1 Å². The largest absolute Gasteiger partial charge is 0.416 e. The number of thioether (sulfide) groups is 1. The molecule has 6 nitrogen and oxygen atoms in total. The van der Waals surface area contributed by atoms with E-state index in [9.17, 15) is 18.0 Å². The Morgan fingerprint density at radius 1 is 1.10 bits per heavy atom. The molecule has 0 radical (unpaired) electrons. The highest BCUT2D eigenvalue weighted by atomic mass is 32.2. The molecule has 0 saturated heterocycles.